The van der Waals surface area contributed by atoms with Crippen LogP contribution in [-0.2, 0) is 6.54 Å². The first kappa shape index (κ1) is 15.0. The van der Waals surface area contributed by atoms with E-state index in [1.165, 1.54) is 75.5 Å². The molecule has 1 aliphatic carbocycles. The van der Waals surface area contributed by atoms with Gasteiger partial charge in [-0.3, -0.25) is 4.90 Å². The zero-order valence-corrected chi connectivity index (χ0v) is 14.0. The van der Waals surface area contributed by atoms with E-state index < -0.39 is 0 Å². The summed E-state index contributed by atoms with van der Waals surface area (Å²) in [7, 11) is 0. The number of rotatable bonds is 3. The molecule has 0 unspecified atom stereocenters. The highest BCUT2D eigenvalue weighted by molar-refractivity contribution is 5.79. The Balaban J connectivity index is 1.59. The third kappa shape index (κ3) is 3.09. The van der Waals surface area contributed by atoms with Gasteiger partial charge in [0.1, 0.15) is 0 Å². The monoisotopic (exact) mass is 312 g/mol. The van der Waals surface area contributed by atoms with Crippen molar-refractivity contribution in [2.45, 2.75) is 64.0 Å². The van der Waals surface area contributed by atoms with Gasteiger partial charge in [-0.25, -0.2) is 4.98 Å². The molecule has 2 N–H and O–H groups in total. The van der Waals surface area contributed by atoms with Gasteiger partial charge in [0.25, 0.3) is 0 Å². The van der Waals surface area contributed by atoms with Crippen LogP contribution in [0.3, 0.4) is 0 Å². The van der Waals surface area contributed by atoms with E-state index in [2.05, 4.69) is 32.7 Å². The van der Waals surface area contributed by atoms with Crippen LogP contribution in [0.2, 0.25) is 0 Å². The van der Waals surface area contributed by atoms with Crippen LogP contribution in [0.25, 0.3) is 11.0 Å². The number of likely N-dealkylation sites (tertiary alicyclic amines) is 1. The average Bonchev–Trinajstić information content (AvgIpc) is 2.91. The van der Waals surface area contributed by atoms with Gasteiger partial charge >= 0.3 is 0 Å². The van der Waals surface area contributed by atoms with Crippen molar-refractivity contribution in [1.29, 1.82) is 0 Å². The minimum Gasteiger partial charge on any atom is -0.369 e. The summed E-state index contributed by atoms with van der Waals surface area (Å²) in [6.07, 6.45) is 10.5. The summed E-state index contributed by atoms with van der Waals surface area (Å²) >= 11 is 0. The summed E-state index contributed by atoms with van der Waals surface area (Å²) in [5.74, 6) is 0.696. The molecule has 0 amide bonds. The molecular weight excluding hydrogens is 284 g/mol. The number of imidazole rings is 1. The quantitative estimate of drug-likeness (QED) is 0.928. The van der Waals surface area contributed by atoms with Crippen LogP contribution in [0, 0.1) is 0 Å². The van der Waals surface area contributed by atoms with E-state index in [0.717, 1.165) is 12.1 Å². The van der Waals surface area contributed by atoms with E-state index in [1.807, 2.05) is 0 Å². The van der Waals surface area contributed by atoms with Crippen LogP contribution in [0.1, 0.15) is 63.0 Å². The number of aromatic nitrogens is 2. The lowest BCUT2D eigenvalue weighted by Crippen LogP contribution is -2.29. The summed E-state index contributed by atoms with van der Waals surface area (Å²) in [5.41, 5.74) is 9.92. The summed E-state index contributed by atoms with van der Waals surface area (Å²) < 4.78 is 2.29. The van der Waals surface area contributed by atoms with E-state index in [0.29, 0.717) is 12.0 Å². The lowest BCUT2D eigenvalue weighted by atomic mass is 9.95. The van der Waals surface area contributed by atoms with Crippen molar-refractivity contribution < 1.29 is 0 Å². The minimum absolute atomic E-state index is 0.543. The van der Waals surface area contributed by atoms with Crippen LogP contribution in [0.5, 0.6) is 0 Å². The molecule has 0 atom stereocenters. The maximum Gasteiger partial charge on any atom is 0.201 e. The zero-order valence-electron chi connectivity index (χ0n) is 14.0. The number of nitrogen functional groups attached to an aromatic ring is 1. The number of fused-ring (bicyclic) bond motifs is 1. The van der Waals surface area contributed by atoms with Gasteiger partial charge < -0.3 is 10.3 Å². The van der Waals surface area contributed by atoms with E-state index in [9.17, 15) is 0 Å². The molecule has 0 spiro atoms. The molecule has 4 rings (SSSR count). The first-order chi connectivity index (χ1) is 11.3. The van der Waals surface area contributed by atoms with Crippen molar-refractivity contribution in [2.75, 3.05) is 18.8 Å². The Morgan fingerprint density at radius 1 is 1.00 bits per heavy atom. The van der Waals surface area contributed by atoms with Crippen LogP contribution >= 0.6 is 0 Å². The summed E-state index contributed by atoms with van der Waals surface area (Å²) in [6.45, 7) is 3.51. The van der Waals surface area contributed by atoms with Crippen molar-refractivity contribution in [3.63, 3.8) is 0 Å². The predicted molar refractivity (Wildman–Crippen MR) is 95.4 cm³/mol. The van der Waals surface area contributed by atoms with Gasteiger partial charge in [0.15, 0.2) is 0 Å². The molecule has 1 aromatic carbocycles. The molecule has 1 aliphatic heterocycles. The molecule has 4 nitrogen and oxygen atoms in total. The van der Waals surface area contributed by atoms with Crippen LogP contribution < -0.4 is 5.73 Å². The number of hydrogen-bond acceptors (Lipinski definition) is 3. The summed E-state index contributed by atoms with van der Waals surface area (Å²) in [4.78, 5) is 7.23. The Hall–Kier alpha value is -1.55. The van der Waals surface area contributed by atoms with E-state index in [1.54, 1.807) is 0 Å². The average molecular weight is 312 g/mol. The van der Waals surface area contributed by atoms with Crippen molar-refractivity contribution in [3.05, 3.63) is 23.8 Å². The first-order valence-corrected chi connectivity index (χ1v) is 9.30. The molecule has 1 aromatic heterocycles. The largest absolute Gasteiger partial charge is 0.369 e. The zero-order chi connectivity index (χ0) is 15.6. The van der Waals surface area contributed by atoms with Gasteiger partial charge in [0, 0.05) is 12.6 Å². The third-order valence-electron chi connectivity index (χ3n) is 5.58. The molecule has 2 aliphatic rings. The number of nitrogens with two attached hydrogens (primary N) is 1. The third-order valence-corrected chi connectivity index (χ3v) is 5.58. The Bertz CT molecular complexity index is 663. The number of hydrogen-bond donors (Lipinski definition) is 1. The molecule has 124 valence electrons. The van der Waals surface area contributed by atoms with Crippen molar-refractivity contribution >= 4 is 17.0 Å². The Kier molecular flexibility index (Phi) is 4.25. The van der Waals surface area contributed by atoms with Crippen molar-refractivity contribution in [1.82, 2.24) is 14.5 Å². The molecule has 2 aromatic rings. The summed E-state index contributed by atoms with van der Waals surface area (Å²) in [6, 6.07) is 7.31. The summed E-state index contributed by atoms with van der Waals surface area (Å²) in [5, 5.41) is 0. The first-order valence-electron chi connectivity index (χ1n) is 9.30. The Morgan fingerprint density at radius 2 is 1.74 bits per heavy atom. The molecule has 0 radical (unpaired) electrons. The molecule has 23 heavy (non-hydrogen) atoms. The highest BCUT2D eigenvalue weighted by atomic mass is 15.2. The van der Waals surface area contributed by atoms with E-state index in [4.69, 9.17) is 5.73 Å². The maximum absolute atomic E-state index is 6.26. The maximum atomic E-state index is 6.26. The predicted octanol–water partition coefficient (Wildman–Crippen LogP) is 4.11. The molecule has 4 heteroatoms. The second kappa shape index (κ2) is 6.52. The number of piperidine rings is 1. The fourth-order valence-electron chi connectivity index (χ4n) is 4.36. The molecule has 1 saturated carbocycles. The molecule has 2 fully saturated rings. The van der Waals surface area contributed by atoms with E-state index in [-0.39, 0.29) is 0 Å². The number of benzene rings is 1. The minimum atomic E-state index is 0.543. The highest BCUT2D eigenvalue weighted by Gasteiger charge is 2.20. The topological polar surface area (TPSA) is 47.1 Å². The highest BCUT2D eigenvalue weighted by Crippen LogP contribution is 2.33. The van der Waals surface area contributed by atoms with Crippen LogP contribution in [-0.4, -0.2) is 27.5 Å². The molecule has 0 bridgehead atoms. The molecular formula is C19H28N4. The van der Waals surface area contributed by atoms with Crippen molar-refractivity contribution in [2.24, 2.45) is 0 Å². The second-order valence-corrected chi connectivity index (χ2v) is 7.29. The Morgan fingerprint density at radius 3 is 2.52 bits per heavy atom. The number of nitrogens with zero attached hydrogens (tertiary/aromatic N) is 3. The standard InChI is InChI=1S/C19H28N4/c20-19-21-17-13-15(14-22-11-5-2-6-12-22)9-10-18(17)23(19)16-7-3-1-4-8-16/h9-10,13,16H,1-8,11-12,14H2,(H2,20,21). The van der Waals surface area contributed by atoms with Gasteiger partial charge in [-0.05, 0) is 56.5 Å². The normalized spacial score (nSPS) is 21.0. The second-order valence-electron chi connectivity index (χ2n) is 7.29. The number of anilines is 1. The van der Waals surface area contributed by atoms with Gasteiger partial charge in [0.2, 0.25) is 5.95 Å². The molecule has 1 saturated heterocycles. The Labute approximate surface area is 138 Å². The smallest absolute Gasteiger partial charge is 0.201 e. The molecule has 2 heterocycles. The van der Waals surface area contributed by atoms with Gasteiger partial charge in [-0.1, -0.05) is 31.7 Å². The fourth-order valence-corrected chi connectivity index (χ4v) is 4.36. The lowest BCUT2D eigenvalue weighted by Gasteiger charge is -2.26. The SMILES string of the molecule is Nc1nc2cc(CN3CCCCC3)ccc2n1C1CCCCC1. The van der Waals surface area contributed by atoms with Crippen LogP contribution in [0.15, 0.2) is 18.2 Å². The van der Waals surface area contributed by atoms with Crippen molar-refractivity contribution in [3.8, 4) is 0 Å². The van der Waals surface area contributed by atoms with Gasteiger partial charge in [-0.15, -0.1) is 0 Å². The van der Waals surface area contributed by atoms with Gasteiger partial charge in [-0.2, -0.15) is 0 Å². The lowest BCUT2D eigenvalue weighted by molar-refractivity contribution is 0.221. The van der Waals surface area contributed by atoms with E-state index >= 15 is 0 Å². The fraction of sp³-hybridized carbons (Fsp3) is 0.632. The van der Waals surface area contributed by atoms with Crippen LogP contribution in [0.4, 0.5) is 5.95 Å². The van der Waals surface area contributed by atoms with Gasteiger partial charge in [0.05, 0.1) is 11.0 Å².